The topological polar surface area (TPSA) is 21.6 Å². The molecule has 0 atom stereocenters. The summed E-state index contributed by atoms with van der Waals surface area (Å²) in [6.45, 7) is 10.0. The van der Waals surface area contributed by atoms with Crippen molar-refractivity contribution in [1.29, 1.82) is 0 Å². The lowest BCUT2D eigenvalue weighted by Gasteiger charge is -2.15. The molecule has 0 aliphatic carbocycles. The fraction of sp³-hybridized carbons (Fsp3) is 0.242. The zero-order valence-electron chi connectivity index (χ0n) is 21.2. The maximum atomic E-state index is 6.14. The van der Waals surface area contributed by atoms with E-state index in [-0.39, 0.29) is 0 Å². The second-order valence-electron chi connectivity index (χ2n) is 9.61. The highest BCUT2D eigenvalue weighted by Crippen LogP contribution is 2.32. The first-order valence-electron chi connectivity index (χ1n) is 12.5. The van der Waals surface area contributed by atoms with Crippen LogP contribution in [0.5, 0.6) is 0 Å². The normalized spacial score (nSPS) is 11.6. The molecule has 0 amide bonds. The third-order valence-electron chi connectivity index (χ3n) is 6.33. The number of aliphatic imine (C=N–C) groups is 1. The van der Waals surface area contributed by atoms with Crippen LogP contribution in [0.2, 0.25) is 0 Å². The van der Waals surface area contributed by atoms with Gasteiger partial charge in [-0.15, -0.1) is 0 Å². The van der Waals surface area contributed by atoms with Crippen LogP contribution >= 0.6 is 0 Å². The van der Waals surface area contributed by atoms with E-state index in [4.69, 9.17) is 9.73 Å². The molecule has 2 nitrogen and oxygen atoms in total. The fourth-order valence-electron chi connectivity index (χ4n) is 4.27. The number of nitrogens with zero attached hydrogens (tertiary/aromatic N) is 1. The van der Waals surface area contributed by atoms with Gasteiger partial charge in [-0.25, -0.2) is 0 Å². The van der Waals surface area contributed by atoms with E-state index in [0.717, 1.165) is 16.8 Å². The highest BCUT2D eigenvalue weighted by molar-refractivity contribution is 5.93. The van der Waals surface area contributed by atoms with Gasteiger partial charge in [0.15, 0.2) is 0 Å². The van der Waals surface area contributed by atoms with Crippen molar-refractivity contribution in [2.75, 3.05) is 0 Å². The second kappa shape index (κ2) is 11.8. The number of benzene rings is 4. The van der Waals surface area contributed by atoms with Gasteiger partial charge in [0, 0.05) is 11.8 Å². The molecule has 0 N–H and O–H groups in total. The standard InChI is InChI=1S/C33H35NO/c1-24(2)28-18-19-30(25(3)4)33(20-28)34-21-32-29(23-35-22-26-12-7-5-8-13-26)16-11-17-31(32)27-14-9-6-10-15-27/h5-21,24-25H,22-23H2,1-4H3. The SMILES string of the molecule is CC(C)c1ccc(C(C)C)c(N=Cc2c(COCc3ccccc3)cccc2-c2ccccc2)c1. The van der Waals surface area contributed by atoms with Gasteiger partial charge in [0.2, 0.25) is 0 Å². The summed E-state index contributed by atoms with van der Waals surface area (Å²) in [5.74, 6) is 0.866. The molecule has 0 radical (unpaired) electrons. The lowest BCUT2D eigenvalue weighted by atomic mass is 9.94. The predicted molar refractivity (Wildman–Crippen MR) is 149 cm³/mol. The molecular formula is C33H35NO. The Labute approximate surface area is 210 Å². The molecule has 0 saturated heterocycles. The third kappa shape index (κ3) is 6.35. The third-order valence-corrected chi connectivity index (χ3v) is 6.33. The van der Waals surface area contributed by atoms with Gasteiger partial charge in [0.1, 0.15) is 0 Å². The Hall–Kier alpha value is -3.49. The highest BCUT2D eigenvalue weighted by Gasteiger charge is 2.12. The Kier molecular flexibility index (Phi) is 8.28. The Morgan fingerprint density at radius 3 is 2.11 bits per heavy atom. The van der Waals surface area contributed by atoms with E-state index >= 15 is 0 Å². The largest absolute Gasteiger partial charge is 0.372 e. The van der Waals surface area contributed by atoms with E-state index in [1.807, 2.05) is 24.4 Å². The van der Waals surface area contributed by atoms with Crippen molar-refractivity contribution < 1.29 is 4.74 Å². The van der Waals surface area contributed by atoms with Crippen LogP contribution in [0.1, 0.15) is 67.3 Å². The number of hydrogen-bond donors (Lipinski definition) is 0. The summed E-state index contributed by atoms with van der Waals surface area (Å²) in [5, 5.41) is 0. The van der Waals surface area contributed by atoms with Gasteiger partial charge in [-0.05, 0) is 51.3 Å². The summed E-state index contributed by atoms with van der Waals surface area (Å²) >= 11 is 0. The first-order chi connectivity index (χ1) is 17.0. The molecule has 0 spiro atoms. The molecule has 0 fully saturated rings. The summed E-state index contributed by atoms with van der Waals surface area (Å²) in [6, 6.07) is 34.0. The lowest BCUT2D eigenvalue weighted by molar-refractivity contribution is 0.107. The minimum atomic E-state index is 0.404. The van der Waals surface area contributed by atoms with Gasteiger partial charge in [-0.2, -0.15) is 0 Å². The van der Waals surface area contributed by atoms with E-state index < -0.39 is 0 Å². The minimum Gasteiger partial charge on any atom is -0.372 e. The van der Waals surface area contributed by atoms with Gasteiger partial charge < -0.3 is 4.74 Å². The van der Waals surface area contributed by atoms with Crippen LogP contribution in [0.15, 0.2) is 102 Å². The lowest BCUT2D eigenvalue weighted by Crippen LogP contribution is -2.01. The maximum Gasteiger partial charge on any atom is 0.0728 e. The molecule has 0 aliphatic heterocycles. The van der Waals surface area contributed by atoms with E-state index in [9.17, 15) is 0 Å². The van der Waals surface area contributed by atoms with Crippen LogP contribution in [0.25, 0.3) is 11.1 Å². The molecule has 0 aromatic heterocycles. The molecule has 0 unspecified atom stereocenters. The zero-order valence-corrected chi connectivity index (χ0v) is 21.2. The van der Waals surface area contributed by atoms with Crippen LogP contribution in [0.4, 0.5) is 5.69 Å². The Bertz CT molecular complexity index is 1260. The molecule has 4 aromatic rings. The van der Waals surface area contributed by atoms with Crippen molar-refractivity contribution in [1.82, 2.24) is 0 Å². The molecule has 4 rings (SSSR count). The smallest absolute Gasteiger partial charge is 0.0728 e. The molecule has 35 heavy (non-hydrogen) atoms. The van der Waals surface area contributed by atoms with E-state index in [2.05, 4.69) is 107 Å². The molecule has 0 aliphatic rings. The van der Waals surface area contributed by atoms with Crippen LogP contribution in [0, 0.1) is 0 Å². The average molecular weight is 462 g/mol. The van der Waals surface area contributed by atoms with Gasteiger partial charge in [0.25, 0.3) is 0 Å². The molecule has 0 bridgehead atoms. The summed E-state index contributed by atoms with van der Waals surface area (Å²) in [5.41, 5.74) is 9.39. The molecule has 0 heterocycles. The highest BCUT2D eigenvalue weighted by atomic mass is 16.5. The summed E-state index contributed by atoms with van der Waals surface area (Å²) in [6.07, 6.45) is 2.04. The maximum absolute atomic E-state index is 6.14. The van der Waals surface area contributed by atoms with E-state index in [1.54, 1.807) is 0 Å². The quantitative estimate of drug-likeness (QED) is 0.228. The van der Waals surface area contributed by atoms with Crippen LogP contribution < -0.4 is 0 Å². The van der Waals surface area contributed by atoms with E-state index in [1.165, 1.54) is 27.8 Å². The van der Waals surface area contributed by atoms with Crippen molar-refractivity contribution >= 4 is 11.9 Å². The Morgan fingerprint density at radius 1 is 0.714 bits per heavy atom. The van der Waals surface area contributed by atoms with Gasteiger partial charge in [0.05, 0.1) is 18.9 Å². The first kappa shape index (κ1) is 24.6. The molecule has 4 aromatic carbocycles. The summed E-state index contributed by atoms with van der Waals surface area (Å²) in [7, 11) is 0. The van der Waals surface area contributed by atoms with Crippen molar-refractivity contribution in [3.63, 3.8) is 0 Å². The molecule has 0 saturated carbocycles. The van der Waals surface area contributed by atoms with Crippen LogP contribution in [-0.4, -0.2) is 6.21 Å². The summed E-state index contributed by atoms with van der Waals surface area (Å²) < 4.78 is 6.14. The second-order valence-corrected chi connectivity index (χ2v) is 9.61. The van der Waals surface area contributed by atoms with Crippen LogP contribution in [0.3, 0.4) is 0 Å². The number of rotatable bonds is 9. The van der Waals surface area contributed by atoms with Gasteiger partial charge >= 0.3 is 0 Å². The minimum absolute atomic E-state index is 0.404. The molecule has 2 heteroatoms. The van der Waals surface area contributed by atoms with Gasteiger partial charge in [-0.1, -0.05) is 119 Å². The van der Waals surface area contributed by atoms with Crippen molar-refractivity contribution in [3.8, 4) is 11.1 Å². The monoisotopic (exact) mass is 461 g/mol. The first-order valence-corrected chi connectivity index (χ1v) is 12.5. The Morgan fingerprint density at radius 2 is 1.43 bits per heavy atom. The average Bonchev–Trinajstić information content (AvgIpc) is 2.88. The van der Waals surface area contributed by atoms with Crippen molar-refractivity contribution in [3.05, 3.63) is 125 Å². The predicted octanol–water partition coefficient (Wildman–Crippen LogP) is 9.07. The Balaban J connectivity index is 1.72. The zero-order chi connectivity index (χ0) is 24.6. The van der Waals surface area contributed by atoms with Gasteiger partial charge in [-0.3, -0.25) is 4.99 Å². The molecule has 178 valence electrons. The van der Waals surface area contributed by atoms with Crippen LogP contribution in [-0.2, 0) is 18.0 Å². The number of ether oxygens (including phenoxy) is 1. The van der Waals surface area contributed by atoms with E-state index in [0.29, 0.717) is 25.0 Å². The summed E-state index contributed by atoms with van der Waals surface area (Å²) in [4.78, 5) is 5.07. The number of hydrogen-bond acceptors (Lipinski definition) is 2. The molecular weight excluding hydrogens is 426 g/mol. The van der Waals surface area contributed by atoms with Crippen molar-refractivity contribution in [2.45, 2.75) is 52.7 Å². The van der Waals surface area contributed by atoms with Crippen molar-refractivity contribution in [2.24, 2.45) is 4.99 Å². The fourth-order valence-corrected chi connectivity index (χ4v) is 4.27.